The van der Waals surface area contributed by atoms with Crippen molar-refractivity contribution in [1.82, 2.24) is 4.90 Å². The fourth-order valence-corrected chi connectivity index (χ4v) is 5.57. The van der Waals surface area contributed by atoms with E-state index in [9.17, 15) is 10.1 Å². The first-order valence-electron chi connectivity index (χ1n) is 9.24. The molecule has 4 nitrogen and oxygen atoms in total. The highest BCUT2D eigenvalue weighted by atomic mass is 35.5. The summed E-state index contributed by atoms with van der Waals surface area (Å²) in [6, 6.07) is 13.9. The van der Waals surface area contributed by atoms with Crippen molar-refractivity contribution >= 4 is 46.6 Å². The summed E-state index contributed by atoms with van der Waals surface area (Å²) in [4.78, 5) is 16.9. The van der Waals surface area contributed by atoms with Gasteiger partial charge in [-0.3, -0.25) is 9.69 Å². The number of amides is 1. The van der Waals surface area contributed by atoms with E-state index < -0.39 is 5.92 Å². The Kier molecular flexibility index (Phi) is 5.52. The zero-order valence-electron chi connectivity index (χ0n) is 16.1. The van der Waals surface area contributed by atoms with Gasteiger partial charge in [-0.2, -0.15) is 5.26 Å². The molecule has 0 radical (unpaired) electrons. The summed E-state index contributed by atoms with van der Waals surface area (Å²) in [5.41, 5.74) is 4.74. The Labute approximate surface area is 184 Å². The molecule has 2 aliphatic rings. The van der Waals surface area contributed by atoms with Gasteiger partial charge in [-0.05, 0) is 54.8 Å². The number of hydrogen-bond donors (Lipinski definition) is 0. The number of rotatable bonds is 2. The second kappa shape index (κ2) is 7.95. The maximum absolute atomic E-state index is 13.1. The van der Waals surface area contributed by atoms with E-state index in [1.165, 1.54) is 22.9 Å². The Morgan fingerprint density at radius 3 is 2.52 bits per heavy atom. The van der Waals surface area contributed by atoms with Crippen LogP contribution in [0.1, 0.15) is 29.0 Å². The van der Waals surface area contributed by atoms with Crippen LogP contribution in [-0.2, 0) is 4.79 Å². The third kappa shape index (κ3) is 3.61. The van der Waals surface area contributed by atoms with E-state index in [1.807, 2.05) is 0 Å². The number of hydrogen-bond acceptors (Lipinski definition) is 4. The smallest absolute Gasteiger partial charge is 0.229 e. The molecule has 1 saturated heterocycles. The first kappa shape index (κ1) is 20.2. The molecule has 1 atom stereocenters. The molecule has 1 fully saturated rings. The predicted molar refractivity (Wildman–Crippen MR) is 119 cm³/mol. The zero-order chi connectivity index (χ0) is 20.7. The van der Waals surface area contributed by atoms with Gasteiger partial charge in [-0.25, -0.2) is 0 Å². The summed E-state index contributed by atoms with van der Waals surface area (Å²) >= 11 is 14.3. The molecule has 2 aromatic carbocycles. The molecule has 29 heavy (non-hydrogen) atoms. The van der Waals surface area contributed by atoms with Gasteiger partial charge >= 0.3 is 0 Å². The average Bonchev–Trinajstić information content (AvgIpc) is 2.70. The molecule has 1 amide bonds. The van der Waals surface area contributed by atoms with Crippen LogP contribution in [0.15, 0.2) is 47.0 Å². The third-order valence-electron chi connectivity index (χ3n) is 5.50. The number of nitriles is 1. The zero-order valence-corrected chi connectivity index (χ0v) is 18.4. The average molecular weight is 444 g/mol. The highest BCUT2D eigenvalue weighted by Crippen LogP contribution is 2.46. The van der Waals surface area contributed by atoms with Crippen LogP contribution in [0.5, 0.6) is 0 Å². The van der Waals surface area contributed by atoms with Crippen molar-refractivity contribution in [3.05, 3.63) is 73.7 Å². The molecule has 0 aromatic heterocycles. The molecule has 0 bridgehead atoms. The van der Waals surface area contributed by atoms with Crippen molar-refractivity contribution in [3.8, 4) is 6.07 Å². The van der Waals surface area contributed by atoms with Crippen molar-refractivity contribution in [2.75, 3.05) is 17.4 Å². The fraction of sp³-hybridized carbons (Fsp3) is 0.273. The third-order valence-corrected chi connectivity index (χ3v) is 7.31. The van der Waals surface area contributed by atoms with Crippen LogP contribution in [0, 0.1) is 25.2 Å². The monoisotopic (exact) mass is 443 g/mol. The lowest BCUT2D eigenvalue weighted by atomic mass is 9.86. The van der Waals surface area contributed by atoms with Gasteiger partial charge < -0.3 is 4.90 Å². The van der Waals surface area contributed by atoms with E-state index in [1.54, 1.807) is 23.1 Å². The summed E-state index contributed by atoms with van der Waals surface area (Å²) in [6.45, 7) is 4.59. The van der Waals surface area contributed by atoms with Gasteiger partial charge in [0.15, 0.2) is 0 Å². The van der Waals surface area contributed by atoms with Crippen LogP contribution in [0.2, 0.25) is 10.0 Å². The number of halogens is 2. The molecule has 2 aliphatic heterocycles. The highest BCUT2D eigenvalue weighted by Gasteiger charge is 2.39. The van der Waals surface area contributed by atoms with Crippen LogP contribution in [0.4, 0.5) is 5.69 Å². The SMILES string of the molecule is Cc1ccc(N2CSC3=C(C#N)[C@H](c4c(Cl)cccc4Cl)CC(=O)N3C2)cc1C. The molecule has 0 spiro atoms. The van der Waals surface area contributed by atoms with Gasteiger partial charge in [0.1, 0.15) is 0 Å². The molecule has 4 rings (SSSR count). The van der Waals surface area contributed by atoms with Crippen LogP contribution >= 0.6 is 35.0 Å². The molecule has 0 saturated carbocycles. The minimum Gasteiger partial charge on any atom is -0.344 e. The van der Waals surface area contributed by atoms with Gasteiger partial charge in [0.05, 0.1) is 29.2 Å². The van der Waals surface area contributed by atoms with Crippen molar-refractivity contribution in [2.24, 2.45) is 0 Å². The predicted octanol–water partition coefficient (Wildman–Crippen LogP) is 5.83. The summed E-state index contributed by atoms with van der Waals surface area (Å²) in [5, 5.41) is 11.6. The normalized spacial score (nSPS) is 19.3. The molecule has 0 unspecified atom stereocenters. The molecular weight excluding hydrogens is 425 g/mol. The number of anilines is 1. The Balaban J connectivity index is 1.70. The number of carbonyl (C=O) groups excluding carboxylic acids is 1. The molecule has 0 N–H and O–H groups in total. The number of carbonyl (C=O) groups is 1. The maximum atomic E-state index is 13.1. The number of allylic oxidation sites excluding steroid dienone is 1. The van der Waals surface area contributed by atoms with Crippen LogP contribution in [-0.4, -0.2) is 23.4 Å². The Morgan fingerprint density at radius 1 is 1.14 bits per heavy atom. The number of nitrogens with zero attached hydrogens (tertiary/aromatic N) is 3. The van der Waals surface area contributed by atoms with Gasteiger partial charge in [0.25, 0.3) is 0 Å². The lowest BCUT2D eigenvalue weighted by Gasteiger charge is -2.42. The lowest BCUT2D eigenvalue weighted by Crippen LogP contribution is -2.47. The highest BCUT2D eigenvalue weighted by molar-refractivity contribution is 8.03. The van der Waals surface area contributed by atoms with Gasteiger partial charge in [-0.15, -0.1) is 0 Å². The minimum absolute atomic E-state index is 0.0268. The number of thioether (sulfide) groups is 1. The van der Waals surface area contributed by atoms with Gasteiger partial charge in [0, 0.05) is 28.1 Å². The second-order valence-corrected chi connectivity index (χ2v) is 9.02. The molecule has 0 aliphatic carbocycles. The van der Waals surface area contributed by atoms with Crippen molar-refractivity contribution in [2.45, 2.75) is 26.2 Å². The first-order valence-corrected chi connectivity index (χ1v) is 11.0. The molecule has 2 heterocycles. The van der Waals surface area contributed by atoms with Gasteiger partial charge in [0.2, 0.25) is 5.91 Å². The summed E-state index contributed by atoms with van der Waals surface area (Å²) < 4.78 is 0. The van der Waals surface area contributed by atoms with E-state index in [0.717, 1.165) is 5.69 Å². The minimum atomic E-state index is -0.416. The van der Waals surface area contributed by atoms with Crippen molar-refractivity contribution < 1.29 is 4.79 Å². The Hall–Kier alpha value is -2.13. The molecule has 148 valence electrons. The first-order chi connectivity index (χ1) is 13.9. The standard InChI is InChI=1S/C22H19Cl2N3OS/c1-13-6-7-15(8-14(13)2)26-11-27-20(28)9-16(17(10-25)22(27)29-12-26)21-18(23)4-3-5-19(21)24/h3-8,16H,9,11-12H2,1-2H3/t16-/m1/s1. The van der Waals surface area contributed by atoms with E-state index in [0.29, 0.717) is 38.8 Å². The van der Waals surface area contributed by atoms with E-state index in [4.69, 9.17) is 23.2 Å². The quantitative estimate of drug-likeness (QED) is 0.585. The fourth-order valence-electron chi connectivity index (χ4n) is 3.74. The maximum Gasteiger partial charge on any atom is 0.229 e. The van der Waals surface area contributed by atoms with Gasteiger partial charge in [-0.1, -0.05) is 47.1 Å². The number of fused-ring (bicyclic) bond motifs is 1. The van der Waals surface area contributed by atoms with Crippen molar-refractivity contribution in [3.63, 3.8) is 0 Å². The Morgan fingerprint density at radius 2 is 1.86 bits per heavy atom. The Bertz CT molecular complexity index is 1060. The van der Waals surface area contributed by atoms with Crippen LogP contribution < -0.4 is 4.90 Å². The number of benzene rings is 2. The summed E-state index contributed by atoms with van der Waals surface area (Å²) in [7, 11) is 0. The molecule has 7 heteroatoms. The second-order valence-electron chi connectivity index (χ2n) is 7.27. The van der Waals surface area contributed by atoms with E-state index in [-0.39, 0.29) is 12.3 Å². The van der Waals surface area contributed by atoms with Crippen LogP contribution in [0.3, 0.4) is 0 Å². The lowest BCUT2D eigenvalue weighted by molar-refractivity contribution is -0.129. The summed E-state index contributed by atoms with van der Waals surface area (Å²) in [5.74, 6) is 0.220. The van der Waals surface area contributed by atoms with E-state index in [2.05, 4.69) is 43.0 Å². The molecular formula is C22H19Cl2N3OS. The van der Waals surface area contributed by atoms with E-state index >= 15 is 0 Å². The summed E-state index contributed by atoms with van der Waals surface area (Å²) in [6.07, 6.45) is 0.178. The largest absolute Gasteiger partial charge is 0.344 e. The number of aryl methyl sites for hydroxylation is 2. The molecule has 2 aromatic rings. The van der Waals surface area contributed by atoms with Crippen molar-refractivity contribution in [1.29, 1.82) is 5.26 Å². The van der Waals surface area contributed by atoms with Crippen LogP contribution in [0.25, 0.3) is 0 Å². The topological polar surface area (TPSA) is 47.3 Å².